The molecule has 1 saturated heterocycles. The second-order valence-corrected chi connectivity index (χ2v) is 4.85. The number of rotatable bonds is 5. The van der Waals surface area contributed by atoms with Crippen LogP contribution in [0.4, 0.5) is 0 Å². The molecule has 0 bridgehead atoms. The summed E-state index contributed by atoms with van der Waals surface area (Å²) in [4.78, 5) is 2.49. The SMILES string of the molecule is CCOC1CCN(C(CN)c2ccccc2)CC1. The maximum atomic E-state index is 5.96. The molecule has 0 saturated carbocycles. The molecule has 1 unspecified atom stereocenters. The van der Waals surface area contributed by atoms with Gasteiger partial charge in [-0.2, -0.15) is 0 Å². The lowest BCUT2D eigenvalue weighted by atomic mass is 10.0. The Morgan fingerprint density at radius 1 is 1.28 bits per heavy atom. The second kappa shape index (κ2) is 6.88. The van der Waals surface area contributed by atoms with Crippen LogP contribution < -0.4 is 5.73 Å². The maximum Gasteiger partial charge on any atom is 0.0599 e. The van der Waals surface area contributed by atoms with Crippen molar-refractivity contribution in [2.24, 2.45) is 5.73 Å². The van der Waals surface area contributed by atoms with E-state index in [-0.39, 0.29) is 0 Å². The first-order valence-corrected chi connectivity index (χ1v) is 6.95. The summed E-state index contributed by atoms with van der Waals surface area (Å²) in [5.41, 5.74) is 7.28. The van der Waals surface area contributed by atoms with E-state index in [0.717, 1.165) is 32.5 Å². The summed E-state index contributed by atoms with van der Waals surface area (Å²) in [6.45, 7) is 5.74. The summed E-state index contributed by atoms with van der Waals surface area (Å²) in [7, 11) is 0. The fraction of sp³-hybridized carbons (Fsp3) is 0.600. The van der Waals surface area contributed by atoms with Gasteiger partial charge in [0.25, 0.3) is 0 Å². The highest BCUT2D eigenvalue weighted by Crippen LogP contribution is 2.24. The minimum atomic E-state index is 0.355. The van der Waals surface area contributed by atoms with Gasteiger partial charge in [0, 0.05) is 32.3 Å². The molecular formula is C15H24N2O. The highest BCUT2D eigenvalue weighted by atomic mass is 16.5. The first-order chi connectivity index (χ1) is 8.85. The van der Waals surface area contributed by atoms with Crippen LogP contribution in [0.25, 0.3) is 0 Å². The summed E-state index contributed by atoms with van der Waals surface area (Å²) in [5, 5.41) is 0. The van der Waals surface area contributed by atoms with Gasteiger partial charge in [-0.1, -0.05) is 30.3 Å². The predicted molar refractivity (Wildman–Crippen MR) is 74.5 cm³/mol. The van der Waals surface area contributed by atoms with Crippen LogP contribution in [0.2, 0.25) is 0 Å². The molecule has 0 spiro atoms. The van der Waals surface area contributed by atoms with Crippen molar-refractivity contribution in [3.05, 3.63) is 35.9 Å². The fourth-order valence-electron chi connectivity index (χ4n) is 2.76. The molecule has 1 aliphatic rings. The zero-order valence-corrected chi connectivity index (χ0v) is 11.2. The Balaban J connectivity index is 1.95. The monoisotopic (exact) mass is 248 g/mol. The largest absolute Gasteiger partial charge is 0.378 e. The van der Waals surface area contributed by atoms with E-state index < -0.39 is 0 Å². The molecule has 18 heavy (non-hydrogen) atoms. The van der Waals surface area contributed by atoms with Crippen molar-refractivity contribution in [1.29, 1.82) is 0 Å². The summed E-state index contributed by atoms with van der Waals surface area (Å²) in [6.07, 6.45) is 2.69. The standard InChI is InChI=1S/C15H24N2O/c1-2-18-14-8-10-17(11-9-14)15(12-16)13-6-4-3-5-7-13/h3-7,14-15H,2,8-12,16H2,1H3. The zero-order valence-electron chi connectivity index (χ0n) is 11.2. The second-order valence-electron chi connectivity index (χ2n) is 4.85. The van der Waals surface area contributed by atoms with Crippen molar-refractivity contribution in [1.82, 2.24) is 4.90 Å². The maximum absolute atomic E-state index is 5.96. The third kappa shape index (κ3) is 3.31. The smallest absolute Gasteiger partial charge is 0.0599 e. The molecule has 2 rings (SSSR count). The third-order valence-corrected chi connectivity index (χ3v) is 3.73. The van der Waals surface area contributed by atoms with Gasteiger partial charge in [0.05, 0.1) is 6.10 Å². The minimum absolute atomic E-state index is 0.355. The molecule has 1 aromatic rings. The Bertz CT molecular complexity index is 334. The number of piperidine rings is 1. The third-order valence-electron chi connectivity index (χ3n) is 3.73. The van der Waals surface area contributed by atoms with E-state index in [1.807, 2.05) is 0 Å². The highest BCUT2D eigenvalue weighted by Gasteiger charge is 2.25. The van der Waals surface area contributed by atoms with Gasteiger partial charge < -0.3 is 10.5 Å². The van der Waals surface area contributed by atoms with E-state index in [1.54, 1.807) is 0 Å². The lowest BCUT2D eigenvalue weighted by Crippen LogP contribution is -2.41. The van der Waals surface area contributed by atoms with Crippen LogP contribution in [0, 0.1) is 0 Å². The topological polar surface area (TPSA) is 38.5 Å². The quantitative estimate of drug-likeness (QED) is 0.868. The molecule has 1 heterocycles. The first kappa shape index (κ1) is 13.5. The molecule has 3 heteroatoms. The van der Waals surface area contributed by atoms with Crippen LogP contribution >= 0.6 is 0 Å². The van der Waals surface area contributed by atoms with Gasteiger partial charge >= 0.3 is 0 Å². The Kier molecular flexibility index (Phi) is 5.17. The van der Waals surface area contributed by atoms with Gasteiger partial charge in [-0.3, -0.25) is 4.90 Å². The van der Waals surface area contributed by atoms with Gasteiger partial charge in [0.15, 0.2) is 0 Å². The van der Waals surface area contributed by atoms with Gasteiger partial charge in [-0.25, -0.2) is 0 Å². The normalized spacial score (nSPS) is 19.9. The van der Waals surface area contributed by atoms with E-state index >= 15 is 0 Å². The summed E-state index contributed by atoms with van der Waals surface area (Å²) in [5.74, 6) is 0. The molecule has 0 radical (unpaired) electrons. The highest BCUT2D eigenvalue weighted by molar-refractivity contribution is 5.19. The van der Waals surface area contributed by atoms with Crippen molar-refractivity contribution in [3.63, 3.8) is 0 Å². The molecule has 0 amide bonds. The number of benzene rings is 1. The molecular weight excluding hydrogens is 224 g/mol. The predicted octanol–water partition coefficient (Wildman–Crippen LogP) is 2.19. The average Bonchev–Trinajstić information content (AvgIpc) is 2.43. The number of likely N-dealkylation sites (tertiary alicyclic amines) is 1. The number of hydrogen-bond donors (Lipinski definition) is 1. The Hall–Kier alpha value is -0.900. The summed E-state index contributed by atoms with van der Waals surface area (Å²) < 4.78 is 5.69. The molecule has 1 aliphatic heterocycles. The molecule has 1 aromatic carbocycles. The van der Waals surface area contributed by atoms with E-state index in [2.05, 4.69) is 42.2 Å². The molecule has 1 atom stereocenters. The van der Waals surface area contributed by atoms with E-state index in [1.165, 1.54) is 5.56 Å². The van der Waals surface area contributed by atoms with Crippen molar-refractivity contribution >= 4 is 0 Å². The zero-order chi connectivity index (χ0) is 12.8. The van der Waals surface area contributed by atoms with Crippen LogP contribution in [0.1, 0.15) is 31.4 Å². The van der Waals surface area contributed by atoms with Crippen LogP contribution in [0.5, 0.6) is 0 Å². The number of nitrogens with two attached hydrogens (primary N) is 1. The van der Waals surface area contributed by atoms with Crippen LogP contribution in [-0.2, 0) is 4.74 Å². The molecule has 0 aromatic heterocycles. The van der Waals surface area contributed by atoms with Gasteiger partial charge in [-0.15, -0.1) is 0 Å². The lowest BCUT2D eigenvalue weighted by Gasteiger charge is -2.37. The fourth-order valence-corrected chi connectivity index (χ4v) is 2.76. The van der Waals surface area contributed by atoms with Crippen LogP contribution in [0.3, 0.4) is 0 Å². The van der Waals surface area contributed by atoms with Crippen LogP contribution in [0.15, 0.2) is 30.3 Å². The minimum Gasteiger partial charge on any atom is -0.378 e. The van der Waals surface area contributed by atoms with Gasteiger partial charge in [0.2, 0.25) is 0 Å². The lowest BCUT2D eigenvalue weighted by molar-refractivity contribution is 0.00452. The Morgan fingerprint density at radius 2 is 1.94 bits per heavy atom. The van der Waals surface area contributed by atoms with E-state index in [0.29, 0.717) is 18.7 Å². The van der Waals surface area contributed by atoms with Crippen molar-refractivity contribution in [2.45, 2.75) is 31.9 Å². The molecule has 1 fully saturated rings. The number of ether oxygens (including phenoxy) is 1. The molecule has 2 N–H and O–H groups in total. The summed E-state index contributed by atoms with van der Waals surface area (Å²) in [6, 6.07) is 10.9. The van der Waals surface area contributed by atoms with E-state index in [9.17, 15) is 0 Å². The first-order valence-electron chi connectivity index (χ1n) is 6.95. The van der Waals surface area contributed by atoms with Crippen molar-refractivity contribution in [3.8, 4) is 0 Å². The Morgan fingerprint density at radius 3 is 2.50 bits per heavy atom. The molecule has 0 aliphatic carbocycles. The van der Waals surface area contributed by atoms with Gasteiger partial charge in [0.1, 0.15) is 0 Å². The molecule has 100 valence electrons. The van der Waals surface area contributed by atoms with E-state index in [4.69, 9.17) is 10.5 Å². The van der Waals surface area contributed by atoms with Crippen LogP contribution in [-0.4, -0.2) is 37.2 Å². The van der Waals surface area contributed by atoms with Gasteiger partial charge in [-0.05, 0) is 25.3 Å². The number of nitrogens with zero attached hydrogens (tertiary/aromatic N) is 1. The van der Waals surface area contributed by atoms with Crippen molar-refractivity contribution < 1.29 is 4.74 Å². The Labute approximate surface area is 110 Å². The van der Waals surface area contributed by atoms with Crippen molar-refractivity contribution in [2.75, 3.05) is 26.2 Å². The summed E-state index contributed by atoms with van der Waals surface area (Å²) >= 11 is 0. The average molecular weight is 248 g/mol. The number of hydrogen-bond acceptors (Lipinski definition) is 3. The molecule has 3 nitrogen and oxygen atoms in total.